The Kier molecular flexibility index (Phi) is 4.98. The van der Waals surface area contributed by atoms with Crippen LogP contribution in [0.25, 0.3) is 22.3 Å². The van der Waals surface area contributed by atoms with E-state index in [4.69, 9.17) is 9.47 Å². The van der Waals surface area contributed by atoms with Gasteiger partial charge in [-0.15, -0.1) is 0 Å². The monoisotopic (exact) mass is 431 g/mol. The maximum atomic E-state index is 15.0. The van der Waals surface area contributed by atoms with E-state index >= 15 is 4.39 Å². The van der Waals surface area contributed by atoms with Crippen LogP contribution in [0.15, 0.2) is 12.3 Å². The number of imidazole rings is 1. The van der Waals surface area contributed by atoms with E-state index in [9.17, 15) is 9.50 Å². The molecule has 5 rings (SSSR count). The average Bonchev–Trinajstić information content (AvgIpc) is 3.17. The number of anilines is 1. The molecular weight excluding hydrogens is 408 g/mol. The first-order valence-corrected chi connectivity index (χ1v) is 10.4. The Morgan fingerprint density at radius 2 is 2.10 bits per heavy atom. The molecule has 0 saturated carbocycles. The molecule has 2 N–H and O–H groups in total. The summed E-state index contributed by atoms with van der Waals surface area (Å²) in [4.78, 5) is 12.7. The molecule has 0 amide bonds. The van der Waals surface area contributed by atoms with Crippen LogP contribution in [0.1, 0.15) is 32.1 Å². The Balaban J connectivity index is 1.63. The van der Waals surface area contributed by atoms with E-state index in [2.05, 4.69) is 20.3 Å². The van der Waals surface area contributed by atoms with Gasteiger partial charge in [0.15, 0.2) is 17.4 Å². The number of aliphatic hydroxyl groups excluding tert-OH is 1. The molecule has 4 heterocycles. The molecule has 0 aliphatic carbocycles. The van der Waals surface area contributed by atoms with Crippen LogP contribution in [0.3, 0.4) is 0 Å². The van der Waals surface area contributed by atoms with E-state index in [-0.39, 0.29) is 41.4 Å². The Bertz CT molecular complexity index is 1150. The lowest BCUT2D eigenvalue weighted by molar-refractivity contribution is -0.0136. The largest absolute Gasteiger partial charge is 0.488 e. The minimum absolute atomic E-state index is 0.0235. The van der Waals surface area contributed by atoms with Crippen LogP contribution >= 0.6 is 0 Å². The fourth-order valence-corrected chi connectivity index (χ4v) is 4.26. The number of aryl methyl sites for hydroxylation is 1. The number of hydrogen-bond donors (Lipinski definition) is 2. The first-order valence-electron chi connectivity index (χ1n) is 10.4. The fourth-order valence-electron chi connectivity index (χ4n) is 4.26. The van der Waals surface area contributed by atoms with Gasteiger partial charge in [-0.25, -0.2) is 23.7 Å². The number of hydrogen-bond acceptors (Lipinski definition) is 7. The van der Waals surface area contributed by atoms with Crippen molar-refractivity contribution >= 4 is 17.0 Å². The van der Waals surface area contributed by atoms with Gasteiger partial charge in [-0.3, -0.25) is 0 Å². The highest BCUT2D eigenvalue weighted by molar-refractivity contribution is 5.92. The van der Waals surface area contributed by atoms with E-state index in [0.717, 1.165) is 12.0 Å². The van der Waals surface area contributed by atoms with Crippen molar-refractivity contribution in [3.05, 3.63) is 29.7 Å². The molecular formula is C21H23F2N5O3. The molecule has 164 valence electrons. The van der Waals surface area contributed by atoms with Gasteiger partial charge in [-0.05, 0) is 19.4 Å². The lowest BCUT2D eigenvalue weighted by atomic mass is 10.1. The average molecular weight is 431 g/mol. The Morgan fingerprint density at radius 3 is 2.87 bits per heavy atom. The molecule has 31 heavy (non-hydrogen) atoms. The summed E-state index contributed by atoms with van der Waals surface area (Å²) < 4.78 is 42.9. The molecule has 8 nitrogen and oxygen atoms in total. The number of nitrogens with zero attached hydrogens (tertiary/aromatic N) is 4. The van der Waals surface area contributed by atoms with Gasteiger partial charge in [-0.2, -0.15) is 0 Å². The maximum absolute atomic E-state index is 15.0. The quantitative estimate of drug-likeness (QED) is 0.656. The highest BCUT2D eigenvalue weighted by atomic mass is 19.1. The zero-order chi connectivity index (χ0) is 21.7. The predicted molar refractivity (Wildman–Crippen MR) is 109 cm³/mol. The Labute approximate surface area is 177 Å². The van der Waals surface area contributed by atoms with Crippen molar-refractivity contribution in [1.29, 1.82) is 0 Å². The number of benzene rings is 1. The Morgan fingerprint density at radius 1 is 1.26 bits per heavy atom. The number of rotatable bonds is 4. The molecule has 3 atom stereocenters. The zero-order valence-corrected chi connectivity index (χ0v) is 17.2. The summed E-state index contributed by atoms with van der Waals surface area (Å²) in [5.41, 5.74) is 0.852. The molecule has 1 saturated heterocycles. The Hall–Kier alpha value is -2.85. The number of halogens is 2. The summed E-state index contributed by atoms with van der Waals surface area (Å²) in [5.74, 6) is -0.00944. The van der Waals surface area contributed by atoms with Crippen molar-refractivity contribution in [2.75, 3.05) is 25.1 Å². The van der Waals surface area contributed by atoms with Crippen molar-refractivity contribution in [2.24, 2.45) is 0 Å². The first-order chi connectivity index (χ1) is 15.0. The van der Waals surface area contributed by atoms with Gasteiger partial charge in [-0.1, -0.05) is 6.92 Å². The molecule has 10 heteroatoms. The van der Waals surface area contributed by atoms with Crippen LogP contribution in [0.4, 0.5) is 14.7 Å². The number of nitrogens with one attached hydrogen (secondary N) is 1. The van der Waals surface area contributed by atoms with Gasteiger partial charge in [0.1, 0.15) is 29.2 Å². The van der Waals surface area contributed by atoms with Gasteiger partial charge in [0.2, 0.25) is 5.95 Å². The second-order valence-electron chi connectivity index (χ2n) is 7.92. The molecule has 2 aromatic heterocycles. The molecule has 3 aromatic rings. The minimum atomic E-state index is -0.729. The summed E-state index contributed by atoms with van der Waals surface area (Å²) in [7, 11) is 0. The summed E-state index contributed by atoms with van der Waals surface area (Å²) in [5, 5.41) is 13.1. The van der Waals surface area contributed by atoms with Crippen LogP contribution in [0.5, 0.6) is 5.75 Å². The highest BCUT2D eigenvalue weighted by Crippen LogP contribution is 2.43. The third-order valence-corrected chi connectivity index (χ3v) is 5.81. The maximum Gasteiger partial charge on any atom is 0.223 e. The standard InChI is InChI=1S/C21H23F2N5O3/c1-3-16-26-18-12(22)6-11(20-19(18)28(16)10(2)8-31-20)17-13(23)7-24-21(27-17)25-14-4-5-30-9-15(14)29/h6-7,10,14-15,29H,3-5,8-9H2,1-2H3,(H,24,25,27)/t10-,14+,15+/m0/s1. The normalized spacial score (nSPS) is 23.1. The van der Waals surface area contributed by atoms with E-state index in [1.165, 1.54) is 6.07 Å². The van der Waals surface area contributed by atoms with Crippen LogP contribution in [-0.4, -0.2) is 56.6 Å². The molecule has 1 fully saturated rings. The molecule has 1 aromatic carbocycles. The van der Waals surface area contributed by atoms with Gasteiger partial charge in [0.05, 0.1) is 36.6 Å². The van der Waals surface area contributed by atoms with Crippen molar-refractivity contribution in [3.63, 3.8) is 0 Å². The second kappa shape index (κ2) is 7.69. The molecule has 2 aliphatic heterocycles. The van der Waals surface area contributed by atoms with E-state index in [1.54, 1.807) is 0 Å². The van der Waals surface area contributed by atoms with Gasteiger partial charge >= 0.3 is 0 Å². The predicted octanol–water partition coefficient (Wildman–Crippen LogP) is 2.85. The van der Waals surface area contributed by atoms with E-state index in [1.807, 2.05) is 18.4 Å². The highest BCUT2D eigenvalue weighted by Gasteiger charge is 2.30. The lowest BCUT2D eigenvalue weighted by Crippen LogP contribution is -2.42. The van der Waals surface area contributed by atoms with Crippen LogP contribution < -0.4 is 10.1 Å². The molecule has 0 unspecified atom stereocenters. The van der Waals surface area contributed by atoms with E-state index in [0.29, 0.717) is 37.3 Å². The van der Waals surface area contributed by atoms with Crippen molar-refractivity contribution in [1.82, 2.24) is 19.5 Å². The van der Waals surface area contributed by atoms with Crippen LogP contribution in [0, 0.1) is 11.6 Å². The van der Waals surface area contributed by atoms with Gasteiger partial charge < -0.3 is 24.5 Å². The van der Waals surface area contributed by atoms with Crippen molar-refractivity contribution in [2.45, 2.75) is 44.9 Å². The zero-order valence-electron chi connectivity index (χ0n) is 17.2. The smallest absolute Gasteiger partial charge is 0.223 e. The van der Waals surface area contributed by atoms with E-state index < -0.39 is 17.7 Å². The molecule has 0 bridgehead atoms. The third-order valence-electron chi connectivity index (χ3n) is 5.81. The molecule has 2 aliphatic rings. The molecule has 0 radical (unpaired) electrons. The second-order valence-corrected chi connectivity index (χ2v) is 7.92. The summed E-state index contributed by atoms with van der Waals surface area (Å²) in [6.45, 7) is 4.98. The third kappa shape index (κ3) is 3.30. The van der Waals surface area contributed by atoms with Crippen LogP contribution in [-0.2, 0) is 11.2 Å². The van der Waals surface area contributed by atoms with Crippen molar-refractivity contribution < 1.29 is 23.4 Å². The number of aromatic nitrogens is 4. The van der Waals surface area contributed by atoms with Crippen LogP contribution in [0.2, 0.25) is 0 Å². The molecule has 0 spiro atoms. The SMILES string of the molecule is CCc1nc2c(F)cc(-c3nc(N[C@@H]4CCOC[C@H]4O)ncc3F)c3c2n1[C@@H](C)CO3. The summed E-state index contributed by atoms with van der Waals surface area (Å²) in [6.07, 6.45) is 1.50. The lowest BCUT2D eigenvalue weighted by Gasteiger charge is -2.28. The van der Waals surface area contributed by atoms with Crippen molar-refractivity contribution in [3.8, 4) is 17.0 Å². The van der Waals surface area contributed by atoms with Gasteiger partial charge in [0, 0.05) is 13.0 Å². The summed E-state index contributed by atoms with van der Waals surface area (Å²) >= 11 is 0. The first kappa shape index (κ1) is 20.1. The minimum Gasteiger partial charge on any atom is -0.488 e. The summed E-state index contributed by atoms with van der Waals surface area (Å²) in [6, 6.07) is 0.864. The van der Waals surface area contributed by atoms with Gasteiger partial charge in [0.25, 0.3) is 0 Å². The topological polar surface area (TPSA) is 94.3 Å². The fraction of sp³-hybridized carbons (Fsp3) is 0.476. The number of aliphatic hydroxyl groups is 1. The number of ether oxygens (including phenoxy) is 2.